The van der Waals surface area contributed by atoms with Crippen molar-refractivity contribution >= 4 is 10.0 Å². The first-order valence-corrected chi connectivity index (χ1v) is 9.37. The largest absolute Gasteiger partial charge is 0.310 e. The Morgan fingerprint density at radius 2 is 2.00 bits per heavy atom. The highest BCUT2D eigenvalue weighted by atomic mass is 32.2. The van der Waals surface area contributed by atoms with Gasteiger partial charge in [-0.25, -0.2) is 13.6 Å². The highest BCUT2D eigenvalue weighted by Crippen LogP contribution is 2.26. The molecule has 3 N–H and O–H groups in total. The average molecular weight is 310 g/mol. The minimum absolute atomic E-state index is 0.135. The van der Waals surface area contributed by atoms with Gasteiger partial charge in [-0.05, 0) is 43.5 Å². The van der Waals surface area contributed by atoms with Crippen LogP contribution in [0.2, 0.25) is 0 Å². The quantitative estimate of drug-likeness (QED) is 0.848. The lowest BCUT2D eigenvalue weighted by molar-refractivity contribution is 0.329. The summed E-state index contributed by atoms with van der Waals surface area (Å²) in [5, 5.41) is 8.66. The SMILES string of the molecule is CC(NCCC1CCCCC1)c1cccc(S(N)(=O)=O)c1. The topological polar surface area (TPSA) is 72.2 Å². The van der Waals surface area contributed by atoms with Gasteiger partial charge < -0.3 is 5.32 Å². The molecule has 118 valence electrons. The van der Waals surface area contributed by atoms with E-state index in [1.54, 1.807) is 12.1 Å². The van der Waals surface area contributed by atoms with Crippen molar-refractivity contribution < 1.29 is 8.42 Å². The first-order valence-electron chi connectivity index (χ1n) is 7.83. The summed E-state index contributed by atoms with van der Waals surface area (Å²) in [4.78, 5) is 0.181. The van der Waals surface area contributed by atoms with Crippen LogP contribution in [0, 0.1) is 5.92 Å². The van der Waals surface area contributed by atoms with E-state index in [1.807, 2.05) is 6.07 Å². The second-order valence-electron chi connectivity index (χ2n) is 6.09. The number of hydrogen-bond acceptors (Lipinski definition) is 3. The van der Waals surface area contributed by atoms with Crippen molar-refractivity contribution in [3.63, 3.8) is 0 Å². The summed E-state index contributed by atoms with van der Waals surface area (Å²) < 4.78 is 22.8. The van der Waals surface area contributed by atoms with E-state index in [0.717, 1.165) is 18.0 Å². The Bertz CT molecular complexity index is 551. The molecule has 1 aromatic rings. The monoisotopic (exact) mass is 310 g/mol. The van der Waals surface area contributed by atoms with Gasteiger partial charge in [0.1, 0.15) is 0 Å². The van der Waals surface area contributed by atoms with Crippen molar-refractivity contribution in [2.24, 2.45) is 11.1 Å². The van der Waals surface area contributed by atoms with Gasteiger partial charge in [-0.2, -0.15) is 0 Å². The van der Waals surface area contributed by atoms with Gasteiger partial charge in [-0.1, -0.05) is 44.2 Å². The fourth-order valence-electron chi connectivity index (χ4n) is 3.06. The van der Waals surface area contributed by atoms with Crippen molar-refractivity contribution in [1.82, 2.24) is 5.32 Å². The number of rotatable bonds is 6. The van der Waals surface area contributed by atoms with E-state index < -0.39 is 10.0 Å². The van der Waals surface area contributed by atoms with Crippen LogP contribution in [-0.4, -0.2) is 15.0 Å². The van der Waals surface area contributed by atoms with Crippen LogP contribution in [0.15, 0.2) is 29.2 Å². The third kappa shape index (κ3) is 5.09. The Morgan fingerprint density at radius 3 is 2.67 bits per heavy atom. The average Bonchev–Trinajstić information content (AvgIpc) is 2.47. The van der Waals surface area contributed by atoms with Gasteiger partial charge >= 0.3 is 0 Å². The van der Waals surface area contributed by atoms with Crippen LogP contribution < -0.4 is 10.5 Å². The van der Waals surface area contributed by atoms with Gasteiger partial charge in [0, 0.05) is 6.04 Å². The molecule has 0 bridgehead atoms. The van der Waals surface area contributed by atoms with Crippen LogP contribution in [0.5, 0.6) is 0 Å². The summed E-state index contributed by atoms with van der Waals surface area (Å²) >= 11 is 0. The van der Waals surface area contributed by atoms with Crippen molar-refractivity contribution in [3.05, 3.63) is 29.8 Å². The predicted octanol–water partition coefficient (Wildman–Crippen LogP) is 2.96. The maximum atomic E-state index is 11.4. The first kappa shape index (κ1) is 16.5. The maximum Gasteiger partial charge on any atom is 0.238 e. The molecule has 1 saturated carbocycles. The molecule has 4 nitrogen and oxygen atoms in total. The Labute approximate surface area is 128 Å². The van der Waals surface area contributed by atoms with E-state index in [0.29, 0.717) is 0 Å². The molecular weight excluding hydrogens is 284 g/mol. The molecule has 0 spiro atoms. The van der Waals surface area contributed by atoms with Crippen LogP contribution in [0.25, 0.3) is 0 Å². The van der Waals surface area contributed by atoms with E-state index in [2.05, 4.69) is 12.2 Å². The lowest BCUT2D eigenvalue weighted by atomic mass is 9.87. The molecule has 0 saturated heterocycles. The number of sulfonamides is 1. The van der Waals surface area contributed by atoms with E-state index in [4.69, 9.17) is 5.14 Å². The van der Waals surface area contributed by atoms with Crippen LogP contribution in [0.4, 0.5) is 0 Å². The van der Waals surface area contributed by atoms with Crippen LogP contribution in [0.3, 0.4) is 0 Å². The van der Waals surface area contributed by atoms with Gasteiger partial charge in [0.25, 0.3) is 0 Å². The first-order chi connectivity index (χ1) is 9.97. The van der Waals surface area contributed by atoms with Crippen LogP contribution in [-0.2, 0) is 10.0 Å². The standard InChI is InChI=1S/C16H26N2O2S/c1-13(18-11-10-14-6-3-2-4-7-14)15-8-5-9-16(12-15)21(17,19)20/h5,8-9,12-14,18H,2-4,6-7,10-11H2,1H3,(H2,17,19,20). The molecule has 0 aromatic heterocycles. The molecule has 0 heterocycles. The molecule has 1 aliphatic carbocycles. The second-order valence-corrected chi connectivity index (χ2v) is 7.65. The van der Waals surface area contributed by atoms with Crippen molar-refractivity contribution in [2.75, 3.05) is 6.54 Å². The molecule has 1 atom stereocenters. The zero-order valence-electron chi connectivity index (χ0n) is 12.7. The molecular formula is C16H26N2O2S. The molecule has 0 aliphatic heterocycles. The Hall–Kier alpha value is -0.910. The summed E-state index contributed by atoms with van der Waals surface area (Å²) in [6, 6.07) is 7.01. The molecule has 21 heavy (non-hydrogen) atoms. The zero-order chi connectivity index (χ0) is 15.3. The number of benzene rings is 1. The molecule has 1 aliphatic rings. The summed E-state index contributed by atoms with van der Waals surface area (Å²) in [6.45, 7) is 3.04. The highest BCUT2D eigenvalue weighted by molar-refractivity contribution is 7.89. The van der Waals surface area contributed by atoms with Crippen LogP contribution >= 0.6 is 0 Å². The van der Waals surface area contributed by atoms with E-state index in [9.17, 15) is 8.42 Å². The van der Waals surface area contributed by atoms with E-state index in [1.165, 1.54) is 44.6 Å². The fourth-order valence-corrected chi connectivity index (χ4v) is 3.63. The number of hydrogen-bond donors (Lipinski definition) is 2. The van der Waals surface area contributed by atoms with E-state index >= 15 is 0 Å². The summed E-state index contributed by atoms with van der Waals surface area (Å²) in [5.41, 5.74) is 0.963. The number of primary sulfonamides is 1. The molecule has 1 aromatic carbocycles. The second kappa shape index (κ2) is 7.38. The highest BCUT2D eigenvalue weighted by Gasteiger charge is 2.14. The van der Waals surface area contributed by atoms with E-state index in [-0.39, 0.29) is 10.9 Å². The lowest BCUT2D eigenvalue weighted by Crippen LogP contribution is -2.23. The summed E-state index contributed by atoms with van der Waals surface area (Å²) in [6.07, 6.45) is 8.06. The van der Waals surface area contributed by atoms with Crippen molar-refractivity contribution in [1.29, 1.82) is 0 Å². The van der Waals surface area contributed by atoms with Crippen LogP contribution in [0.1, 0.15) is 57.1 Å². The minimum Gasteiger partial charge on any atom is -0.310 e. The van der Waals surface area contributed by atoms with Gasteiger partial charge in [-0.15, -0.1) is 0 Å². The Kier molecular flexibility index (Phi) is 5.79. The van der Waals surface area contributed by atoms with Gasteiger partial charge in [0.15, 0.2) is 0 Å². The summed E-state index contributed by atoms with van der Waals surface area (Å²) in [7, 11) is -3.62. The molecule has 0 amide bonds. The van der Waals surface area contributed by atoms with Gasteiger partial charge in [0.05, 0.1) is 4.90 Å². The third-order valence-corrected chi connectivity index (χ3v) is 5.33. The van der Waals surface area contributed by atoms with Crippen molar-refractivity contribution in [2.45, 2.75) is 56.4 Å². The summed E-state index contributed by atoms with van der Waals surface area (Å²) in [5.74, 6) is 0.856. The molecule has 1 unspecified atom stereocenters. The minimum atomic E-state index is -3.62. The third-order valence-electron chi connectivity index (χ3n) is 4.41. The fraction of sp³-hybridized carbons (Fsp3) is 0.625. The van der Waals surface area contributed by atoms with Gasteiger partial charge in [-0.3, -0.25) is 0 Å². The molecule has 5 heteroatoms. The number of nitrogens with two attached hydrogens (primary N) is 1. The van der Waals surface area contributed by atoms with Crippen molar-refractivity contribution in [3.8, 4) is 0 Å². The predicted molar refractivity (Wildman–Crippen MR) is 85.4 cm³/mol. The van der Waals surface area contributed by atoms with Gasteiger partial charge in [0.2, 0.25) is 10.0 Å². The molecule has 2 rings (SSSR count). The lowest BCUT2D eigenvalue weighted by Gasteiger charge is -2.23. The number of nitrogens with one attached hydrogen (secondary N) is 1. The molecule has 0 radical (unpaired) electrons. The Morgan fingerprint density at radius 1 is 1.29 bits per heavy atom. The molecule has 1 fully saturated rings. The normalized spacial score (nSPS) is 18.6. The zero-order valence-corrected chi connectivity index (χ0v) is 13.5. The maximum absolute atomic E-state index is 11.4. The smallest absolute Gasteiger partial charge is 0.238 e. The Balaban J connectivity index is 1.86.